The van der Waals surface area contributed by atoms with Gasteiger partial charge >= 0.3 is 0 Å². The van der Waals surface area contributed by atoms with Crippen molar-refractivity contribution in [2.45, 2.75) is 6.92 Å². The predicted molar refractivity (Wildman–Crippen MR) is 90.1 cm³/mol. The Bertz CT molecular complexity index is 807. The molecule has 3 rings (SSSR count). The molecule has 1 N–H and O–H groups in total. The van der Waals surface area contributed by atoms with Crippen molar-refractivity contribution in [3.63, 3.8) is 0 Å². The summed E-state index contributed by atoms with van der Waals surface area (Å²) in [5.74, 6) is 1.53. The molecule has 2 aromatic rings. The number of rotatable bonds is 4. The Labute approximate surface area is 140 Å². The van der Waals surface area contributed by atoms with Gasteiger partial charge in [0.1, 0.15) is 18.1 Å². The molecule has 0 saturated heterocycles. The first-order chi connectivity index (χ1) is 11.6. The number of ether oxygens (including phenoxy) is 3. The van der Waals surface area contributed by atoms with Crippen LogP contribution in [-0.4, -0.2) is 31.2 Å². The molecule has 5 heteroatoms. The lowest BCUT2D eigenvalue weighted by molar-refractivity contribution is 0.100. The molecule has 0 amide bonds. The van der Waals surface area contributed by atoms with E-state index in [1.807, 2.05) is 6.92 Å². The maximum absolute atomic E-state index is 12.6. The second kappa shape index (κ2) is 6.66. The summed E-state index contributed by atoms with van der Waals surface area (Å²) in [7, 11) is 1.57. The van der Waals surface area contributed by atoms with Gasteiger partial charge in [-0.15, -0.1) is 0 Å². The molecule has 0 atom stereocenters. The number of carbonyl (C=O) groups is 1. The molecule has 1 heterocycles. The molecule has 5 nitrogen and oxygen atoms in total. The Morgan fingerprint density at radius 1 is 1.25 bits per heavy atom. The number of ketones is 1. The van der Waals surface area contributed by atoms with Gasteiger partial charge in [0.05, 0.1) is 19.3 Å². The zero-order valence-electron chi connectivity index (χ0n) is 13.5. The average molecular weight is 326 g/mol. The number of carbonyl (C=O) groups excluding carboxylic acids is 1. The molecule has 124 valence electrons. The number of methoxy groups -OCH3 is 1. The molecule has 0 radical (unpaired) electrons. The summed E-state index contributed by atoms with van der Waals surface area (Å²) in [6.07, 6.45) is 1.71. The third kappa shape index (κ3) is 3.06. The number of fused-ring (bicyclic) bond motifs is 1. The number of Topliss-reactive ketones (excluding diaryl/α,β-unsaturated/α-hetero) is 1. The Kier molecular flexibility index (Phi) is 4.42. The Morgan fingerprint density at radius 2 is 2.08 bits per heavy atom. The fraction of sp³-hybridized carbons (Fsp3) is 0.211. The van der Waals surface area contributed by atoms with E-state index in [0.29, 0.717) is 40.6 Å². The molecule has 0 spiro atoms. The van der Waals surface area contributed by atoms with E-state index in [0.717, 1.165) is 0 Å². The minimum Gasteiger partial charge on any atom is -0.504 e. The number of phenolic OH excluding ortho intramolecular Hbond substituents is 1. The third-order valence-corrected chi connectivity index (χ3v) is 3.73. The first kappa shape index (κ1) is 15.9. The number of phenols is 1. The fourth-order valence-corrected chi connectivity index (χ4v) is 2.54. The Hall–Kier alpha value is -2.95. The monoisotopic (exact) mass is 326 g/mol. The van der Waals surface area contributed by atoms with Crippen LogP contribution in [0.5, 0.6) is 23.0 Å². The van der Waals surface area contributed by atoms with Crippen LogP contribution in [0.15, 0.2) is 42.0 Å². The average Bonchev–Trinajstić information content (AvgIpc) is 2.59. The zero-order valence-corrected chi connectivity index (χ0v) is 13.5. The van der Waals surface area contributed by atoms with E-state index in [1.165, 1.54) is 0 Å². The molecule has 0 saturated carbocycles. The largest absolute Gasteiger partial charge is 0.504 e. The van der Waals surface area contributed by atoms with Crippen LogP contribution in [0, 0.1) is 0 Å². The molecule has 0 aliphatic carbocycles. The molecule has 24 heavy (non-hydrogen) atoms. The summed E-state index contributed by atoms with van der Waals surface area (Å²) in [6, 6.07) is 10.2. The van der Waals surface area contributed by atoms with Gasteiger partial charge in [-0.3, -0.25) is 4.79 Å². The molecule has 2 aromatic carbocycles. The first-order valence-electron chi connectivity index (χ1n) is 7.64. The molecular formula is C19H18O5. The summed E-state index contributed by atoms with van der Waals surface area (Å²) in [6.45, 7) is 2.49. The van der Waals surface area contributed by atoms with Gasteiger partial charge in [-0.25, -0.2) is 0 Å². The minimum absolute atomic E-state index is 0.0421. The van der Waals surface area contributed by atoms with Crippen LogP contribution in [0.4, 0.5) is 0 Å². The Balaban J connectivity index is 1.89. The summed E-state index contributed by atoms with van der Waals surface area (Å²) >= 11 is 0. The molecule has 0 bridgehead atoms. The lowest BCUT2D eigenvalue weighted by Gasteiger charge is -2.19. The topological polar surface area (TPSA) is 65.0 Å². The molecule has 0 unspecified atom stereocenters. The SMILES string of the molecule is CCOc1ccc(C=C2COc3cc(OC)ccc3C2=O)cc1O. The van der Waals surface area contributed by atoms with Crippen LogP contribution in [0.2, 0.25) is 0 Å². The first-order valence-corrected chi connectivity index (χ1v) is 7.64. The smallest absolute Gasteiger partial charge is 0.196 e. The normalized spacial score (nSPS) is 14.9. The van der Waals surface area contributed by atoms with E-state index >= 15 is 0 Å². The lowest BCUT2D eigenvalue weighted by Crippen LogP contribution is -2.19. The number of hydrogen-bond acceptors (Lipinski definition) is 5. The van der Waals surface area contributed by atoms with Crippen molar-refractivity contribution in [2.75, 3.05) is 20.3 Å². The maximum atomic E-state index is 12.6. The molecular weight excluding hydrogens is 308 g/mol. The second-order valence-corrected chi connectivity index (χ2v) is 5.31. The molecule has 1 aliphatic rings. The summed E-state index contributed by atoms with van der Waals surface area (Å²) in [4.78, 5) is 12.6. The van der Waals surface area contributed by atoms with Crippen LogP contribution in [0.3, 0.4) is 0 Å². The number of hydrogen-bond donors (Lipinski definition) is 1. The van der Waals surface area contributed by atoms with Gasteiger partial charge in [0.2, 0.25) is 0 Å². The van der Waals surface area contributed by atoms with Gasteiger partial charge in [0, 0.05) is 11.6 Å². The van der Waals surface area contributed by atoms with Gasteiger partial charge in [-0.05, 0) is 42.8 Å². The highest BCUT2D eigenvalue weighted by Gasteiger charge is 2.23. The lowest BCUT2D eigenvalue weighted by atomic mass is 9.98. The van der Waals surface area contributed by atoms with Gasteiger partial charge in [-0.2, -0.15) is 0 Å². The maximum Gasteiger partial charge on any atom is 0.196 e. The van der Waals surface area contributed by atoms with E-state index in [1.54, 1.807) is 49.6 Å². The Morgan fingerprint density at radius 3 is 2.79 bits per heavy atom. The van der Waals surface area contributed by atoms with E-state index in [9.17, 15) is 9.90 Å². The predicted octanol–water partition coefficient (Wildman–Crippen LogP) is 3.46. The zero-order chi connectivity index (χ0) is 17.1. The van der Waals surface area contributed by atoms with Crippen LogP contribution in [-0.2, 0) is 0 Å². The van der Waals surface area contributed by atoms with Crippen LogP contribution < -0.4 is 14.2 Å². The highest BCUT2D eigenvalue weighted by Crippen LogP contribution is 2.32. The number of benzene rings is 2. The highest BCUT2D eigenvalue weighted by molar-refractivity contribution is 6.14. The minimum atomic E-state index is -0.0905. The van der Waals surface area contributed by atoms with Crippen LogP contribution >= 0.6 is 0 Å². The summed E-state index contributed by atoms with van der Waals surface area (Å²) < 4.78 is 16.1. The van der Waals surface area contributed by atoms with Crippen molar-refractivity contribution in [3.05, 3.63) is 53.1 Å². The molecule has 1 aliphatic heterocycles. The molecule has 0 fully saturated rings. The van der Waals surface area contributed by atoms with Crippen LogP contribution in [0.1, 0.15) is 22.8 Å². The quantitative estimate of drug-likeness (QED) is 0.872. The highest BCUT2D eigenvalue weighted by atomic mass is 16.5. The van der Waals surface area contributed by atoms with Crippen molar-refractivity contribution in [3.8, 4) is 23.0 Å². The number of aromatic hydroxyl groups is 1. The van der Waals surface area contributed by atoms with Crippen molar-refractivity contribution in [1.82, 2.24) is 0 Å². The third-order valence-electron chi connectivity index (χ3n) is 3.73. The van der Waals surface area contributed by atoms with Crippen molar-refractivity contribution in [1.29, 1.82) is 0 Å². The van der Waals surface area contributed by atoms with Gasteiger partial charge < -0.3 is 19.3 Å². The van der Waals surface area contributed by atoms with Crippen LogP contribution in [0.25, 0.3) is 6.08 Å². The van der Waals surface area contributed by atoms with Gasteiger partial charge in [-0.1, -0.05) is 6.07 Å². The van der Waals surface area contributed by atoms with E-state index in [-0.39, 0.29) is 18.1 Å². The standard InChI is InChI=1S/C19H18O5/c1-3-23-17-7-4-12(9-16(17)20)8-13-11-24-18-10-14(22-2)5-6-15(18)19(13)21/h4-10,20H,3,11H2,1-2H3. The van der Waals surface area contributed by atoms with E-state index in [4.69, 9.17) is 14.2 Å². The van der Waals surface area contributed by atoms with E-state index < -0.39 is 0 Å². The summed E-state index contributed by atoms with van der Waals surface area (Å²) in [5.41, 5.74) is 1.74. The van der Waals surface area contributed by atoms with Crippen molar-refractivity contribution in [2.24, 2.45) is 0 Å². The second-order valence-electron chi connectivity index (χ2n) is 5.31. The van der Waals surface area contributed by atoms with Crippen molar-refractivity contribution < 1.29 is 24.1 Å². The van der Waals surface area contributed by atoms with E-state index in [2.05, 4.69) is 0 Å². The fourth-order valence-electron chi connectivity index (χ4n) is 2.54. The van der Waals surface area contributed by atoms with Gasteiger partial charge in [0.25, 0.3) is 0 Å². The van der Waals surface area contributed by atoms with Gasteiger partial charge in [0.15, 0.2) is 17.3 Å². The van der Waals surface area contributed by atoms with Crippen molar-refractivity contribution >= 4 is 11.9 Å². The molecule has 0 aromatic heterocycles. The summed E-state index contributed by atoms with van der Waals surface area (Å²) in [5, 5.41) is 9.95.